The van der Waals surface area contributed by atoms with Crippen LogP contribution in [0.15, 0.2) is 18.2 Å². The molecule has 3 heteroatoms. The van der Waals surface area contributed by atoms with E-state index in [4.69, 9.17) is 22.1 Å². The summed E-state index contributed by atoms with van der Waals surface area (Å²) in [5.74, 6) is 0. The van der Waals surface area contributed by atoms with E-state index in [9.17, 15) is 0 Å². The van der Waals surface area contributed by atoms with E-state index in [1.807, 2.05) is 19.1 Å². The maximum absolute atomic E-state index is 6.06. The lowest BCUT2D eigenvalue weighted by Gasteiger charge is -2.38. The van der Waals surface area contributed by atoms with Gasteiger partial charge in [0, 0.05) is 5.02 Å². The number of hydrogen-bond donors (Lipinski definition) is 1. The average molecular weight is 212 g/mol. The van der Waals surface area contributed by atoms with Crippen molar-refractivity contribution in [1.29, 1.82) is 0 Å². The van der Waals surface area contributed by atoms with Crippen LogP contribution in [0.4, 0.5) is 0 Å². The van der Waals surface area contributed by atoms with Crippen molar-refractivity contribution in [2.45, 2.75) is 18.9 Å². The lowest BCUT2D eigenvalue weighted by atomic mass is 9.90. The average Bonchev–Trinajstić information content (AvgIpc) is 2.09. The van der Waals surface area contributed by atoms with Crippen molar-refractivity contribution in [2.24, 2.45) is 5.73 Å². The molecule has 1 heterocycles. The second kappa shape index (κ2) is 3.54. The number of rotatable bonds is 2. The van der Waals surface area contributed by atoms with Crippen LogP contribution in [0.1, 0.15) is 11.1 Å². The number of nitrogens with two attached hydrogens (primary N) is 1. The van der Waals surface area contributed by atoms with E-state index < -0.39 is 0 Å². The molecule has 1 aliphatic heterocycles. The van der Waals surface area contributed by atoms with E-state index in [0.29, 0.717) is 13.2 Å². The van der Waals surface area contributed by atoms with E-state index in [0.717, 1.165) is 17.0 Å². The van der Waals surface area contributed by atoms with Gasteiger partial charge in [-0.05, 0) is 30.5 Å². The molecule has 1 aliphatic rings. The van der Waals surface area contributed by atoms with Gasteiger partial charge in [-0.25, -0.2) is 0 Å². The molecule has 1 fully saturated rings. The number of ether oxygens (including phenoxy) is 1. The quantitative estimate of drug-likeness (QED) is 0.811. The van der Waals surface area contributed by atoms with Gasteiger partial charge < -0.3 is 10.5 Å². The molecule has 0 unspecified atom stereocenters. The first-order chi connectivity index (χ1) is 6.59. The van der Waals surface area contributed by atoms with Crippen molar-refractivity contribution < 1.29 is 4.74 Å². The lowest BCUT2D eigenvalue weighted by Crippen LogP contribution is -2.58. The van der Waals surface area contributed by atoms with Crippen LogP contribution in [0.25, 0.3) is 0 Å². The minimum Gasteiger partial charge on any atom is -0.377 e. The molecule has 0 bridgehead atoms. The van der Waals surface area contributed by atoms with E-state index in [-0.39, 0.29) is 5.54 Å². The van der Waals surface area contributed by atoms with Gasteiger partial charge in [0.05, 0.1) is 18.8 Å². The highest BCUT2D eigenvalue weighted by Crippen LogP contribution is 2.22. The van der Waals surface area contributed by atoms with Gasteiger partial charge in [0.1, 0.15) is 0 Å². The lowest BCUT2D eigenvalue weighted by molar-refractivity contribution is -0.0529. The normalized spacial score (nSPS) is 19.1. The zero-order valence-electron chi connectivity index (χ0n) is 8.22. The van der Waals surface area contributed by atoms with E-state index in [2.05, 4.69) is 6.07 Å². The van der Waals surface area contributed by atoms with Gasteiger partial charge in [0.25, 0.3) is 0 Å². The molecule has 0 spiro atoms. The number of aryl methyl sites for hydroxylation is 1. The van der Waals surface area contributed by atoms with Gasteiger partial charge in [-0.1, -0.05) is 23.7 Å². The first-order valence-electron chi connectivity index (χ1n) is 4.71. The van der Waals surface area contributed by atoms with Crippen LogP contribution >= 0.6 is 11.6 Å². The maximum Gasteiger partial charge on any atom is 0.0673 e. The summed E-state index contributed by atoms with van der Waals surface area (Å²) in [6.45, 7) is 3.33. The van der Waals surface area contributed by atoms with E-state index in [1.54, 1.807) is 0 Å². The van der Waals surface area contributed by atoms with Crippen LogP contribution in [0.2, 0.25) is 5.02 Å². The predicted molar refractivity (Wildman–Crippen MR) is 57.6 cm³/mol. The highest BCUT2D eigenvalue weighted by molar-refractivity contribution is 6.31. The Kier molecular flexibility index (Phi) is 2.52. The molecule has 2 nitrogen and oxygen atoms in total. The molecule has 1 aromatic carbocycles. The van der Waals surface area contributed by atoms with Gasteiger partial charge in [-0.15, -0.1) is 0 Å². The van der Waals surface area contributed by atoms with E-state index in [1.165, 1.54) is 5.56 Å². The zero-order chi connectivity index (χ0) is 10.2. The highest BCUT2D eigenvalue weighted by Gasteiger charge is 2.34. The first-order valence-corrected chi connectivity index (χ1v) is 5.09. The minimum atomic E-state index is -0.153. The molecule has 76 valence electrons. The highest BCUT2D eigenvalue weighted by atomic mass is 35.5. The van der Waals surface area contributed by atoms with Crippen molar-refractivity contribution in [1.82, 2.24) is 0 Å². The largest absolute Gasteiger partial charge is 0.377 e. The van der Waals surface area contributed by atoms with Gasteiger partial charge in [-0.2, -0.15) is 0 Å². The van der Waals surface area contributed by atoms with Crippen molar-refractivity contribution in [3.8, 4) is 0 Å². The fourth-order valence-corrected chi connectivity index (χ4v) is 1.81. The Morgan fingerprint density at radius 2 is 2.21 bits per heavy atom. The third kappa shape index (κ3) is 1.92. The van der Waals surface area contributed by atoms with Crippen LogP contribution in [0.3, 0.4) is 0 Å². The number of hydrogen-bond acceptors (Lipinski definition) is 2. The van der Waals surface area contributed by atoms with Crippen LogP contribution in [0.5, 0.6) is 0 Å². The molecular formula is C11H14ClNO. The molecule has 0 radical (unpaired) electrons. The molecule has 0 saturated carbocycles. The molecular weight excluding hydrogens is 198 g/mol. The van der Waals surface area contributed by atoms with Crippen LogP contribution in [0, 0.1) is 6.92 Å². The van der Waals surface area contributed by atoms with Gasteiger partial charge >= 0.3 is 0 Å². The van der Waals surface area contributed by atoms with Crippen molar-refractivity contribution >= 4 is 11.6 Å². The summed E-state index contributed by atoms with van der Waals surface area (Å²) in [6, 6.07) is 6.05. The molecule has 0 aliphatic carbocycles. The Bertz CT molecular complexity index is 347. The van der Waals surface area contributed by atoms with Crippen molar-refractivity contribution in [2.75, 3.05) is 13.2 Å². The monoisotopic (exact) mass is 211 g/mol. The Hall–Kier alpha value is -0.570. The predicted octanol–water partition coefficient (Wildman–Crippen LogP) is 1.92. The topological polar surface area (TPSA) is 35.2 Å². The second-order valence-corrected chi connectivity index (χ2v) is 4.52. The molecule has 0 amide bonds. The fraction of sp³-hybridized carbons (Fsp3) is 0.455. The summed E-state index contributed by atoms with van der Waals surface area (Å²) in [5.41, 5.74) is 8.25. The molecule has 2 N–H and O–H groups in total. The Morgan fingerprint density at radius 3 is 2.71 bits per heavy atom. The molecule has 2 rings (SSSR count). The Balaban J connectivity index is 2.13. The molecule has 0 aromatic heterocycles. The maximum atomic E-state index is 6.06. The number of benzene rings is 1. The molecule has 14 heavy (non-hydrogen) atoms. The summed E-state index contributed by atoms with van der Waals surface area (Å²) >= 11 is 5.94. The molecule has 0 atom stereocenters. The summed E-state index contributed by atoms with van der Waals surface area (Å²) in [4.78, 5) is 0. The summed E-state index contributed by atoms with van der Waals surface area (Å²) in [7, 11) is 0. The second-order valence-electron chi connectivity index (χ2n) is 4.12. The summed E-state index contributed by atoms with van der Waals surface area (Å²) < 4.78 is 5.11. The first kappa shape index (κ1) is 9.97. The van der Waals surface area contributed by atoms with Crippen molar-refractivity contribution in [3.05, 3.63) is 34.3 Å². The smallest absolute Gasteiger partial charge is 0.0673 e. The van der Waals surface area contributed by atoms with Crippen molar-refractivity contribution in [3.63, 3.8) is 0 Å². The Morgan fingerprint density at radius 1 is 1.50 bits per heavy atom. The van der Waals surface area contributed by atoms with Gasteiger partial charge in [0.15, 0.2) is 0 Å². The Labute approximate surface area is 89.0 Å². The van der Waals surface area contributed by atoms with Crippen LogP contribution < -0.4 is 5.73 Å². The minimum absolute atomic E-state index is 0.153. The number of halogens is 1. The van der Waals surface area contributed by atoms with Gasteiger partial charge in [-0.3, -0.25) is 0 Å². The fourth-order valence-electron chi connectivity index (χ4n) is 1.69. The molecule has 1 saturated heterocycles. The van der Waals surface area contributed by atoms with Crippen LogP contribution in [-0.4, -0.2) is 18.8 Å². The summed E-state index contributed by atoms with van der Waals surface area (Å²) in [5, 5.41) is 0.810. The zero-order valence-corrected chi connectivity index (χ0v) is 8.97. The summed E-state index contributed by atoms with van der Waals surface area (Å²) in [6.07, 6.45) is 0.866. The third-order valence-corrected chi connectivity index (χ3v) is 2.98. The SMILES string of the molecule is Cc1cc(CC2(N)COC2)ccc1Cl. The molecule has 1 aromatic rings. The third-order valence-electron chi connectivity index (χ3n) is 2.56. The van der Waals surface area contributed by atoms with Crippen LogP contribution in [-0.2, 0) is 11.2 Å². The van der Waals surface area contributed by atoms with E-state index >= 15 is 0 Å². The van der Waals surface area contributed by atoms with Gasteiger partial charge in [0.2, 0.25) is 0 Å². The standard InChI is InChI=1S/C11H14ClNO/c1-8-4-9(2-3-10(8)12)5-11(13)6-14-7-11/h2-4H,5-7,13H2,1H3.